The largest absolute Gasteiger partial charge is 0.444 e. The zero-order valence-electron chi connectivity index (χ0n) is 18.8. The van der Waals surface area contributed by atoms with Crippen LogP contribution in [0.5, 0.6) is 0 Å². The zero-order valence-corrected chi connectivity index (χ0v) is 19.7. The van der Waals surface area contributed by atoms with E-state index in [1.807, 2.05) is 48.5 Å². The molecule has 7 heteroatoms. The molecule has 3 rings (SSSR count). The summed E-state index contributed by atoms with van der Waals surface area (Å²) < 4.78 is 5.22. The first-order valence-corrected chi connectivity index (χ1v) is 11.4. The van der Waals surface area contributed by atoms with Crippen molar-refractivity contribution in [3.8, 4) is 11.3 Å². The first kappa shape index (κ1) is 23.5. The topological polar surface area (TPSA) is 80.3 Å². The number of hydrogen-bond acceptors (Lipinski definition) is 5. The summed E-state index contributed by atoms with van der Waals surface area (Å²) in [6.07, 6.45) is 0.192. The van der Waals surface area contributed by atoms with E-state index in [4.69, 9.17) is 9.72 Å². The molecule has 0 bridgehead atoms. The van der Waals surface area contributed by atoms with Crippen molar-refractivity contribution >= 4 is 28.5 Å². The summed E-state index contributed by atoms with van der Waals surface area (Å²) in [4.78, 5) is 30.3. The summed E-state index contributed by atoms with van der Waals surface area (Å²) in [7, 11) is 0. The zero-order chi connectivity index (χ0) is 23.1. The summed E-state index contributed by atoms with van der Waals surface area (Å²) in [5.74, 6) is -0.648. The van der Waals surface area contributed by atoms with E-state index in [2.05, 4.69) is 22.8 Å². The number of thiazole rings is 1. The molecule has 0 fully saturated rings. The Kier molecular flexibility index (Phi) is 7.64. The van der Waals surface area contributed by atoms with Crippen molar-refractivity contribution < 1.29 is 14.3 Å². The molecule has 2 amide bonds. The highest BCUT2D eigenvalue weighted by molar-refractivity contribution is 7.16. The highest BCUT2D eigenvalue weighted by Crippen LogP contribution is 2.33. The third-order valence-corrected chi connectivity index (χ3v) is 5.55. The first-order chi connectivity index (χ1) is 15.2. The van der Waals surface area contributed by atoms with Crippen molar-refractivity contribution in [1.29, 1.82) is 0 Å². The van der Waals surface area contributed by atoms with Crippen LogP contribution in [0.3, 0.4) is 0 Å². The van der Waals surface area contributed by atoms with Gasteiger partial charge >= 0.3 is 6.09 Å². The van der Waals surface area contributed by atoms with E-state index in [1.165, 1.54) is 16.9 Å². The smallest absolute Gasteiger partial charge is 0.407 e. The van der Waals surface area contributed by atoms with Crippen LogP contribution in [-0.4, -0.2) is 29.1 Å². The molecule has 1 atom stereocenters. The minimum atomic E-state index is -0.584. The standard InChI is InChI=1S/C25H29N3O3S/c1-17(16-26-24(30)31-25(2,3)4)22(29)28-23-27-21(19-13-9-6-10-14-19)20(32-23)15-18-11-7-5-8-12-18/h5-14,17H,15-16H2,1-4H3,(H,26,30)(H,27,28,29). The first-order valence-electron chi connectivity index (χ1n) is 10.6. The second-order valence-corrected chi connectivity index (χ2v) is 9.68. The van der Waals surface area contributed by atoms with Crippen LogP contribution in [0.25, 0.3) is 11.3 Å². The number of carbonyl (C=O) groups is 2. The summed E-state index contributed by atoms with van der Waals surface area (Å²) in [6, 6.07) is 20.1. The van der Waals surface area contributed by atoms with Gasteiger partial charge in [-0.1, -0.05) is 67.6 Å². The molecule has 2 aromatic carbocycles. The van der Waals surface area contributed by atoms with Gasteiger partial charge in [0, 0.05) is 23.4 Å². The number of rotatable bonds is 7. The quantitative estimate of drug-likeness (QED) is 0.497. The normalized spacial score (nSPS) is 12.1. The second-order valence-electron chi connectivity index (χ2n) is 8.59. The lowest BCUT2D eigenvalue weighted by Crippen LogP contribution is -2.37. The van der Waals surface area contributed by atoms with E-state index in [-0.39, 0.29) is 12.5 Å². The third-order valence-electron chi connectivity index (χ3n) is 4.58. The summed E-state index contributed by atoms with van der Waals surface area (Å²) >= 11 is 1.47. The molecule has 2 N–H and O–H groups in total. The van der Waals surface area contributed by atoms with Crippen LogP contribution in [0.1, 0.15) is 38.1 Å². The van der Waals surface area contributed by atoms with Gasteiger partial charge in [0.2, 0.25) is 5.91 Å². The van der Waals surface area contributed by atoms with Gasteiger partial charge in [0.25, 0.3) is 0 Å². The predicted molar refractivity (Wildman–Crippen MR) is 129 cm³/mol. The maximum atomic E-state index is 12.7. The number of amides is 2. The number of hydrogen-bond donors (Lipinski definition) is 2. The fourth-order valence-corrected chi connectivity index (χ4v) is 4.02. The van der Waals surface area contributed by atoms with Gasteiger partial charge in [0.05, 0.1) is 11.6 Å². The maximum Gasteiger partial charge on any atom is 0.407 e. The Morgan fingerprint density at radius 1 is 1.03 bits per heavy atom. The van der Waals surface area contributed by atoms with Gasteiger partial charge in [0.1, 0.15) is 5.60 Å². The van der Waals surface area contributed by atoms with Crippen LogP contribution in [0.2, 0.25) is 0 Å². The molecule has 0 spiro atoms. The van der Waals surface area contributed by atoms with Crippen LogP contribution >= 0.6 is 11.3 Å². The summed E-state index contributed by atoms with van der Waals surface area (Å²) in [6.45, 7) is 7.31. The summed E-state index contributed by atoms with van der Waals surface area (Å²) in [5, 5.41) is 6.09. The number of anilines is 1. The SMILES string of the molecule is CC(CNC(=O)OC(C)(C)C)C(=O)Nc1nc(-c2ccccc2)c(Cc2ccccc2)s1. The van der Waals surface area contributed by atoms with E-state index in [9.17, 15) is 9.59 Å². The average molecular weight is 452 g/mol. The molecule has 0 aliphatic heterocycles. The van der Waals surface area contributed by atoms with E-state index in [0.29, 0.717) is 5.13 Å². The molecule has 0 saturated carbocycles. The van der Waals surface area contributed by atoms with Gasteiger partial charge < -0.3 is 15.4 Å². The number of nitrogens with one attached hydrogen (secondary N) is 2. The summed E-state index contributed by atoms with van der Waals surface area (Å²) in [5.41, 5.74) is 2.48. The molecule has 1 aromatic heterocycles. The lowest BCUT2D eigenvalue weighted by molar-refractivity contribution is -0.119. The van der Waals surface area contributed by atoms with Crippen molar-refractivity contribution in [2.24, 2.45) is 5.92 Å². The number of alkyl carbamates (subject to hydrolysis) is 1. The number of aromatic nitrogens is 1. The maximum absolute atomic E-state index is 12.7. The van der Waals surface area contributed by atoms with Crippen molar-refractivity contribution in [3.05, 3.63) is 71.1 Å². The Balaban J connectivity index is 1.70. The van der Waals surface area contributed by atoms with E-state index < -0.39 is 17.6 Å². The molecule has 168 valence electrons. The Labute approximate surface area is 193 Å². The molecular formula is C25H29N3O3S. The van der Waals surface area contributed by atoms with Crippen molar-refractivity contribution in [2.45, 2.75) is 39.7 Å². The van der Waals surface area contributed by atoms with Crippen LogP contribution in [0.4, 0.5) is 9.93 Å². The molecule has 32 heavy (non-hydrogen) atoms. The van der Waals surface area contributed by atoms with Gasteiger partial charge in [0.15, 0.2) is 5.13 Å². The highest BCUT2D eigenvalue weighted by atomic mass is 32.1. The van der Waals surface area contributed by atoms with Crippen LogP contribution in [0.15, 0.2) is 60.7 Å². The minimum absolute atomic E-state index is 0.175. The number of carbonyl (C=O) groups excluding carboxylic acids is 2. The van der Waals surface area contributed by atoms with Gasteiger partial charge in [-0.3, -0.25) is 4.79 Å². The molecule has 0 aliphatic carbocycles. The van der Waals surface area contributed by atoms with Crippen LogP contribution in [-0.2, 0) is 16.0 Å². The molecule has 1 heterocycles. The Morgan fingerprint density at radius 2 is 1.66 bits per heavy atom. The fraction of sp³-hybridized carbons (Fsp3) is 0.320. The Morgan fingerprint density at radius 3 is 2.28 bits per heavy atom. The monoisotopic (exact) mass is 451 g/mol. The van der Waals surface area contributed by atoms with Crippen molar-refractivity contribution in [1.82, 2.24) is 10.3 Å². The molecule has 3 aromatic rings. The van der Waals surface area contributed by atoms with Gasteiger partial charge in [-0.15, -0.1) is 11.3 Å². The number of ether oxygens (including phenoxy) is 1. The van der Waals surface area contributed by atoms with Gasteiger partial charge in [-0.25, -0.2) is 9.78 Å². The molecule has 0 radical (unpaired) electrons. The van der Waals surface area contributed by atoms with E-state index in [1.54, 1.807) is 27.7 Å². The minimum Gasteiger partial charge on any atom is -0.444 e. The predicted octanol–water partition coefficient (Wildman–Crippen LogP) is 5.50. The molecule has 0 aliphatic rings. The Hall–Kier alpha value is -3.19. The third kappa shape index (κ3) is 6.92. The van der Waals surface area contributed by atoms with Crippen molar-refractivity contribution in [3.63, 3.8) is 0 Å². The van der Waals surface area contributed by atoms with E-state index in [0.717, 1.165) is 22.6 Å². The van der Waals surface area contributed by atoms with Gasteiger partial charge in [-0.2, -0.15) is 0 Å². The van der Waals surface area contributed by atoms with Crippen LogP contribution < -0.4 is 10.6 Å². The lowest BCUT2D eigenvalue weighted by Gasteiger charge is -2.20. The molecule has 1 unspecified atom stereocenters. The molecule has 6 nitrogen and oxygen atoms in total. The highest BCUT2D eigenvalue weighted by Gasteiger charge is 2.21. The van der Waals surface area contributed by atoms with E-state index >= 15 is 0 Å². The Bertz CT molecular complexity index is 1040. The average Bonchev–Trinajstić information content (AvgIpc) is 3.14. The molecular weight excluding hydrogens is 422 g/mol. The molecule has 0 saturated heterocycles. The van der Waals surface area contributed by atoms with Crippen molar-refractivity contribution in [2.75, 3.05) is 11.9 Å². The fourth-order valence-electron chi connectivity index (χ4n) is 3.00. The number of nitrogens with zero attached hydrogens (tertiary/aromatic N) is 1. The second kappa shape index (κ2) is 10.4. The van der Waals surface area contributed by atoms with Gasteiger partial charge in [-0.05, 0) is 26.3 Å². The van der Waals surface area contributed by atoms with Crippen LogP contribution in [0, 0.1) is 5.92 Å². The lowest BCUT2D eigenvalue weighted by atomic mass is 10.1. The number of benzene rings is 2.